The molecule has 5 N–H and O–H groups in total. The van der Waals surface area contributed by atoms with Crippen LogP contribution in [0.1, 0.15) is 90.4 Å². The number of fused-ring (bicyclic) bond motifs is 3. The number of cyclic esters (lactones) is 1. The smallest absolute Gasteiger partial charge is 0.342 e. The van der Waals surface area contributed by atoms with Crippen LogP contribution in [0.3, 0.4) is 0 Å². The summed E-state index contributed by atoms with van der Waals surface area (Å²) in [6, 6.07) is 11.6. The van der Waals surface area contributed by atoms with Crippen LogP contribution in [0, 0.1) is 0 Å². The van der Waals surface area contributed by atoms with E-state index < -0.39 is 23.7 Å². The summed E-state index contributed by atoms with van der Waals surface area (Å²) in [6.07, 6.45) is 8.19. The fourth-order valence-corrected chi connectivity index (χ4v) is 6.50. The Kier molecular flexibility index (Phi) is 10.1. The van der Waals surface area contributed by atoms with Crippen molar-refractivity contribution >= 4 is 34.6 Å². The number of Topliss-reactive ketones (excluding diaryl/α,β-unsaturated/α-hetero) is 1. The molecule has 0 radical (unpaired) electrons. The first-order valence-corrected chi connectivity index (χ1v) is 16.6. The molecule has 0 bridgehead atoms. The second-order valence-electron chi connectivity index (χ2n) is 12.6. The predicted octanol–water partition coefficient (Wildman–Crippen LogP) is 6.38. The fourth-order valence-electron chi connectivity index (χ4n) is 6.50. The quantitative estimate of drug-likeness (QED) is 0.141. The molecule has 2 atom stereocenters. The number of ether oxygens (including phenoxy) is 3. The van der Waals surface area contributed by atoms with Gasteiger partial charge in [0, 0.05) is 54.4 Å². The van der Waals surface area contributed by atoms with E-state index >= 15 is 0 Å². The Labute approximate surface area is 283 Å². The number of ketones is 1. The van der Waals surface area contributed by atoms with Crippen molar-refractivity contribution in [2.24, 2.45) is 0 Å². The number of aromatic nitrogens is 1. The lowest BCUT2D eigenvalue weighted by Crippen LogP contribution is -2.27. The van der Waals surface area contributed by atoms with Crippen molar-refractivity contribution in [3.63, 3.8) is 0 Å². The number of phenolic OH excluding ortho intramolecular Hbond substituents is 3. The Morgan fingerprint density at radius 3 is 2.69 bits per heavy atom. The maximum atomic E-state index is 13.6. The Hall–Kier alpha value is -5.45. The average molecular weight is 669 g/mol. The van der Waals surface area contributed by atoms with E-state index in [1.54, 1.807) is 55.5 Å². The first-order chi connectivity index (χ1) is 23.7. The Bertz CT molecular complexity index is 1910. The number of hydrogen-bond acceptors (Lipinski definition) is 9. The van der Waals surface area contributed by atoms with E-state index in [4.69, 9.17) is 14.2 Å². The highest BCUT2D eigenvalue weighted by Crippen LogP contribution is 2.46. The molecule has 0 saturated heterocycles. The second-order valence-corrected chi connectivity index (χ2v) is 12.6. The molecule has 0 saturated carbocycles. The minimum atomic E-state index is -0.891. The van der Waals surface area contributed by atoms with Gasteiger partial charge in [0.05, 0.1) is 6.10 Å². The highest BCUT2D eigenvalue weighted by Gasteiger charge is 2.32. The Balaban J connectivity index is 1.32. The lowest BCUT2D eigenvalue weighted by atomic mass is 9.84. The van der Waals surface area contributed by atoms with Crippen molar-refractivity contribution in [3.8, 4) is 28.7 Å². The third-order valence-corrected chi connectivity index (χ3v) is 9.06. The number of allylic oxidation sites excluding steroid dienone is 1. The van der Waals surface area contributed by atoms with Gasteiger partial charge in [0.2, 0.25) is 12.7 Å². The Morgan fingerprint density at radius 2 is 1.84 bits per heavy atom. The standard InChI is InChI=1S/C38H40N2O9/c1-22-6-5-9-26(41)8-4-2-3-7-24-16-31(43)36(37(45)35(24)38(46)49-22)29(23-10-13-32-33(17-23)48-21-47-32)19-34(44)39-15-14-25-20-40-30-12-11-27(42)18-28(25)30/h3,7,10-13,16-18,20,22,29,40,42-43,45H,2,4-6,8-9,14-15,19,21H2,1H3,(H,39,44)/b7-3+/t22-,29?/m0/s1. The van der Waals surface area contributed by atoms with Gasteiger partial charge in [-0.05, 0) is 92.1 Å². The van der Waals surface area contributed by atoms with Crippen molar-refractivity contribution in [3.05, 3.63) is 82.6 Å². The summed E-state index contributed by atoms with van der Waals surface area (Å²) >= 11 is 0. The van der Waals surface area contributed by atoms with Crippen LogP contribution in [0.2, 0.25) is 0 Å². The second kappa shape index (κ2) is 14.8. The van der Waals surface area contributed by atoms with Crippen LogP contribution in [0.4, 0.5) is 0 Å². The van der Waals surface area contributed by atoms with E-state index in [9.17, 15) is 29.7 Å². The maximum absolute atomic E-state index is 13.6. The third kappa shape index (κ3) is 7.66. The molecule has 11 heteroatoms. The molecule has 1 aromatic heterocycles. The van der Waals surface area contributed by atoms with Gasteiger partial charge in [-0.25, -0.2) is 4.79 Å². The number of aromatic hydroxyl groups is 3. The number of nitrogens with one attached hydrogen (secondary N) is 2. The molecule has 2 aliphatic rings. The Morgan fingerprint density at radius 1 is 1.02 bits per heavy atom. The number of carbonyl (C=O) groups excluding carboxylic acids is 3. The molecule has 0 fully saturated rings. The molecule has 49 heavy (non-hydrogen) atoms. The highest BCUT2D eigenvalue weighted by atomic mass is 16.7. The number of esters is 1. The van der Waals surface area contributed by atoms with Crippen LogP contribution in [-0.4, -0.2) is 57.4 Å². The summed E-state index contributed by atoms with van der Waals surface area (Å²) in [6.45, 7) is 2.06. The summed E-state index contributed by atoms with van der Waals surface area (Å²) in [5.74, 6) is -1.49. The normalized spacial score (nSPS) is 17.9. The molecule has 2 aliphatic heterocycles. The van der Waals surface area contributed by atoms with Crippen LogP contribution >= 0.6 is 0 Å². The summed E-state index contributed by atoms with van der Waals surface area (Å²) in [5, 5.41) is 37.0. The molecule has 3 aromatic carbocycles. The maximum Gasteiger partial charge on any atom is 0.342 e. The van der Waals surface area contributed by atoms with Gasteiger partial charge in [-0.15, -0.1) is 0 Å². The first kappa shape index (κ1) is 33.5. The van der Waals surface area contributed by atoms with Gasteiger partial charge >= 0.3 is 5.97 Å². The zero-order valence-corrected chi connectivity index (χ0v) is 27.3. The van der Waals surface area contributed by atoms with E-state index in [1.165, 1.54) is 6.07 Å². The van der Waals surface area contributed by atoms with Crippen LogP contribution in [-0.2, 0) is 20.7 Å². The number of benzene rings is 3. The number of aromatic amines is 1. The van der Waals surface area contributed by atoms with E-state index in [1.807, 2.05) is 6.20 Å². The molecule has 0 spiro atoms. The molecule has 4 aromatic rings. The largest absolute Gasteiger partial charge is 0.508 e. The number of rotatable bonds is 7. The molecule has 11 nitrogen and oxygen atoms in total. The molecule has 3 heterocycles. The first-order valence-electron chi connectivity index (χ1n) is 16.6. The zero-order chi connectivity index (χ0) is 34.5. The predicted molar refractivity (Wildman–Crippen MR) is 182 cm³/mol. The van der Waals surface area contributed by atoms with Crippen LogP contribution in [0.15, 0.2) is 54.7 Å². The molecule has 1 unspecified atom stereocenters. The van der Waals surface area contributed by atoms with Gasteiger partial charge in [-0.3, -0.25) is 9.59 Å². The monoisotopic (exact) mass is 668 g/mol. The minimum absolute atomic E-state index is 0.00425. The van der Waals surface area contributed by atoms with Crippen molar-refractivity contribution in [2.75, 3.05) is 13.3 Å². The van der Waals surface area contributed by atoms with E-state index in [0.717, 1.165) is 16.5 Å². The van der Waals surface area contributed by atoms with E-state index in [2.05, 4.69) is 10.3 Å². The minimum Gasteiger partial charge on any atom is -0.508 e. The van der Waals surface area contributed by atoms with Crippen molar-refractivity contribution in [2.45, 2.75) is 70.3 Å². The summed E-state index contributed by atoms with van der Waals surface area (Å²) in [4.78, 5) is 42.5. The summed E-state index contributed by atoms with van der Waals surface area (Å²) in [5.41, 5.74) is 2.50. The van der Waals surface area contributed by atoms with Gasteiger partial charge in [0.1, 0.15) is 28.6 Å². The van der Waals surface area contributed by atoms with Crippen LogP contribution in [0.25, 0.3) is 17.0 Å². The van der Waals surface area contributed by atoms with Crippen molar-refractivity contribution < 1.29 is 43.9 Å². The lowest BCUT2D eigenvalue weighted by Gasteiger charge is -2.23. The lowest BCUT2D eigenvalue weighted by molar-refractivity contribution is -0.121. The van der Waals surface area contributed by atoms with Gasteiger partial charge < -0.3 is 39.8 Å². The molecule has 0 aliphatic carbocycles. The van der Waals surface area contributed by atoms with Gasteiger partial charge in [-0.2, -0.15) is 0 Å². The van der Waals surface area contributed by atoms with E-state index in [0.29, 0.717) is 62.0 Å². The SMILES string of the molecule is C[C@H]1CCCC(=O)CCC/C=C/c2cc(O)c(C(CC(=O)NCCc3c[nH]c4ccc(O)cc34)c3ccc4c(c3)OCO4)c(O)c2C(=O)O1. The number of carbonyl (C=O) groups is 3. The highest BCUT2D eigenvalue weighted by molar-refractivity contribution is 5.98. The molecule has 6 rings (SSSR count). The van der Waals surface area contributed by atoms with Crippen molar-refractivity contribution in [1.82, 2.24) is 10.3 Å². The number of hydrogen-bond donors (Lipinski definition) is 5. The van der Waals surface area contributed by atoms with Crippen molar-refractivity contribution in [1.29, 1.82) is 0 Å². The molecular formula is C38H40N2O9. The summed E-state index contributed by atoms with van der Waals surface area (Å²) in [7, 11) is 0. The zero-order valence-electron chi connectivity index (χ0n) is 27.3. The van der Waals surface area contributed by atoms with Gasteiger partial charge in [-0.1, -0.05) is 18.2 Å². The molecule has 256 valence electrons. The van der Waals surface area contributed by atoms with Crippen LogP contribution in [0.5, 0.6) is 28.7 Å². The van der Waals surface area contributed by atoms with Gasteiger partial charge in [0.15, 0.2) is 11.5 Å². The number of phenols is 3. The topological polar surface area (TPSA) is 167 Å². The number of H-pyrrole nitrogens is 1. The van der Waals surface area contributed by atoms with E-state index in [-0.39, 0.29) is 59.6 Å². The molecule has 1 amide bonds. The number of amides is 1. The molecular weight excluding hydrogens is 628 g/mol. The summed E-state index contributed by atoms with van der Waals surface area (Å²) < 4.78 is 16.8. The fraction of sp³-hybridized carbons (Fsp3) is 0.342. The average Bonchev–Trinajstić information content (AvgIpc) is 3.70. The third-order valence-electron chi connectivity index (χ3n) is 9.06. The van der Waals surface area contributed by atoms with Crippen LogP contribution < -0.4 is 14.8 Å². The van der Waals surface area contributed by atoms with Gasteiger partial charge in [0.25, 0.3) is 0 Å².